The van der Waals surface area contributed by atoms with E-state index < -0.39 is 0 Å². The van der Waals surface area contributed by atoms with Gasteiger partial charge in [0, 0.05) is 43.3 Å². The third-order valence-electron chi connectivity index (χ3n) is 4.67. The van der Waals surface area contributed by atoms with Gasteiger partial charge in [0.05, 0.1) is 11.9 Å². The molecule has 1 atom stereocenters. The Morgan fingerprint density at radius 1 is 1.22 bits per heavy atom. The van der Waals surface area contributed by atoms with Crippen LogP contribution in [0.1, 0.15) is 35.4 Å². The van der Waals surface area contributed by atoms with Gasteiger partial charge in [0.25, 0.3) is 0 Å². The van der Waals surface area contributed by atoms with E-state index in [9.17, 15) is 0 Å². The van der Waals surface area contributed by atoms with Crippen LogP contribution in [0.25, 0.3) is 0 Å². The number of hydrogen-bond donors (Lipinski definition) is 1. The van der Waals surface area contributed by atoms with Crippen molar-refractivity contribution in [2.24, 2.45) is 0 Å². The summed E-state index contributed by atoms with van der Waals surface area (Å²) in [5, 5.41) is 3.70. The molecule has 0 aromatic carbocycles. The van der Waals surface area contributed by atoms with Crippen LogP contribution in [0.3, 0.4) is 0 Å². The standard InChI is InChI=1S/C19H26N4/c1-14-9-19(12-21-16(14)3)23-8-4-5-18(13-23)22-11-17-6-7-20-15(2)10-17/h6-7,9-10,12,18,22H,4-5,8,11,13H2,1-3H3/t18-/m0/s1. The van der Waals surface area contributed by atoms with Crippen LogP contribution in [0.4, 0.5) is 5.69 Å². The molecule has 0 spiro atoms. The molecule has 0 amide bonds. The number of aryl methyl sites for hydroxylation is 3. The molecule has 2 aromatic rings. The van der Waals surface area contributed by atoms with E-state index in [1.54, 1.807) is 0 Å². The Labute approximate surface area is 139 Å². The van der Waals surface area contributed by atoms with E-state index in [0.29, 0.717) is 6.04 Å². The van der Waals surface area contributed by atoms with Gasteiger partial charge in [0.15, 0.2) is 0 Å². The molecule has 0 bridgehead atoms. The first-order chi connectivity index (χ1) is 11.1. The minimum absolute atomic E-state index is 0.527. The largest absolute Gasteiger partial charge is 0.369 e. The van der Waals surface area contributed by atoms with Crippen molar-refractivity contribution in [2.75, 3.05) is 18.0 Å². The summed E-state index contributed by atoms with van der Waals surface area (Å²) >= 11 is 0. The van der Waals surface area contributed by atoms with Crippen LogP contribution in [-0.2, 0) is 6.54 Å². The molecule has 1 fully saturated rings. The Morgan fingerprint density at radius 3 is 2.87 bits per heavy atom. The predicted molar refractivity (Wildman–Crippen MR) is 94.8 cm³/mol. The lowest BCUT2D eigenvalue weighted by Crippen LogP contribution is -2.45. The first-order valence-electron chi connectivity index (χ1n) is 8.45. The molecule has 2 aromatic heterocycles. The molecular formula is C19H26N4. The molecule has 1 N–H and O–H groups in total. The van der Waals surface area contributed by atoms with E-state index in [1.165, 1.54) is 29.7 Å². The summed E-state index contributed by atoms with van der Waals surface area (Å²) in [5.74, 6) is 0. The van der Waals surface area contributed by atoms with Gasteiger partial charge in [-0.2, -0.15) is 0 Å². The van der Waals surface area contributed by atoms with Gasteiger partial charge in [-0.05, 0) is 62.9 Å². The average molecular weight is 310 g/mol. The molecule has 4 nitrogen and oxygen atoms in total. The molecule has 3 heterocycles. The second kappa shape index (κ2) is 7.09. The van der Waals surface area contributed by atoms with Gasteiger partial charge < -0.3 is 10.2 Å². The number of nitrogens with zero attached hydrogens (tertiary/aromatic N) is 3. The lowest BCUT2D eigenvalue weighted by molar-refractivity contribution is 0.421. The minimum atomic E-state index is 0.527. The van der Waals surface area contributed by atoms with Crippen LogP contribution in [0.5, 0.6) is 0 Å². The molecule has 0 unspecified atom stereocenters. The number of hydrogen-bond acceptors (Lipinski definition) is 4. The molecule has 0 aliphatic carbocycles. The van der Waals surface area contributed by atoms with Crippen molar-refractivity contribution >= 4 is 5.69 Å². The van der Waals surface area contributed by atoms with Crippen molar-refractivity contribution in [1.29, 1.82) is 0 Å². The van der Waals surface area contributed by atoms with Crippen LogP contribution in [0, 0.1) is 20.8 Å². The lowest BCUT2D eigenvalue weighted by Gasteiger charge is -2.35. The summed E-state index contributed by atoms with van der Waals surface area (Å²) in [7, 11) is 0. The molecule has 3 rings (SSSR count). The number of pyridine rings is 2. The summed E-state index contributed by atoms with van der Waals surface area (Å²) in [5.41, 5.74) is 6.02. The van der Waals surface area contributed by atoms with E-state index in [1.807, 2.05) is 19.3 Å². The topological polar surface area (TPSA) is 41.0 Å². The molecule has 0 saturated carbocycles. The van der Waals surface area contributed by atoms with Gasteiger partial charge in [-0.15, -0.1) is 0 Å². The van der Waals surface area contributed by atoms with Crippen molar-refractivity contribution in [1.82, 2.24) is 15.3 Å². The van der Waals surface area contributed by atoms with Crippen LogP contribution in [0.15, 0.2) is 30.6 Å². The molecular weight excluding hydrogens is 284 g/mol. The highest BCUT2D eigenvalue weighted by Crippen LogP contribution is 2.21. The van der Waals surface area contributed by atoms with Crippen molar-refractivity contribution < 1.29 is 0 Å². The van der Waals surface area contributed by atoms with Crippen LogP contribution in [-0.4, -0.2) is 29.1 Å². The van der Waals surface area contributed by atoms with Gasteiger partial charge in [0.1, 0.15) is 0 Å². The van der Waals surface area contributed by atoms with E-state index in [0.717, 1.165) is 31.0 Å². The summed E-state index contributed by atoms with van der Waals surface area (Å²) in [6.45, 7) is 9.32. The highest BCUT2D eigenvalue weighted by atomic mass is 15.2. The summed E-state index contributed by atoms with van der Waals surface area (Å²) in [4.78, 5) is 11.2. The normalized spacial score (nSPS) is 18.2. The number of anilines is 1. The maximum Gasteiger partial charge on any atom is 0.0556 e. The van der Waals surface area contributed by atoms with Crippen molar-refractivity contribution in [3.05, 3.63) is 53.1 Å². The first-order valence-corrected chi connectivity index (χ1v) is 8.45. The third-order valence-corrected chi connectivity index (χ3v) is 4.67. The lowest BCUT2D eigenvalue weighted by atomic mass is 10.0. The quantitative estimate of drug-likeness (QED) is 0.942. The summed E-state index contributed by atoms with van der Waals surface area (Å²) < 4.78 is 0. The van der Waals surface area contributed by atoms with Crippen molar-refractivity contribution in [3.63, 3.8) is 0 Å². The predicted octanol–water partition coefficient (Wildman–Crippen LogP) is 3.16. The fourth-order valence-corrected chi connectivity index (χ4v) is 3.16. The summed E-state index contributed by atoms with van der Waals surface area (Å²) in [6.07, 6.45) is 6.36. The Hall–Kier alpha value is -1.94. The van der Waals surface area contributed by atoms with Gasteiger partial charge in [-0.3, -0.25) is 9.97 Å². The second-order valence-corrected chi connectivity index (χ2v) is 6.57. The van der Waals surface area contributed by atoms with E-state index in [4.69, 9.17) is 0 Å². The Balaban J connectivity index is 1.60. The Bertz CT molecular complexity index is 668. The second-order valence-electron chi connectivity index (χ2n) is 6.57. The molecule has 4 heteroatoms. The summed E-state index contributed by atoms with van der Waals surface area (Å²) in [6, 6.07) is 7.03. The maximum absolute atomic E-state index is 4.51. The van der Waals surface area contributed by atoms with Gasteiger partial charge in [0.2, 0.25) is 0 Å². The molecule has 23 heavy (non-hydrogen) atoms. The van der Waals surface area contributed by atoms with Gasteiger partial charge >= 0.3 is 0 Å². The zero-order valence-corrected chi connectivity index (χ0v) is 14.3. The molecule has 1 saturated heterocycles. The Morgan fingerprint density at radius 2 is 2.09 bits per heavy atom. The van der Waals surface area contributed by atoms with E-state index in [-0.39, 0.29) is 0 Å². The number of nitrogens with one attached hydrogen (secondary N) is 1. The van der Waals surface area contributed by atoms with Crippen LogP contribution < -0.4 is 10.2 Å². The van der Waals surface area contributed by atoms with E-state index in [2.05, 4.69) is 52.2 Å². The highest BCUT2D eigenvalue weighted by molar-refractivity contribution is 5.48. The highest BCUT2D eigenvalue weighted by Gasteiger charge is 2.20. The Kier molecular flexibility index (Phi) is 4.91. The van der Waals surface area contributed by atoms with Crippen LogP contribution in [0.2, 0.25) is 0 Å². The SMILES string of the molecule is Cc1cc(CN[C@H]2CCCN(c3cnc(C)c(C)c3)C2)ccn1. The smallest absolute Gasteiger partial charge is 0.0556 e. The maximum atomic E-state index is 4.51. The molecule has 1 aliphatic heterocycles. The fraction of sp³-hybridized carbons (Fsp3) is 0.474. The van der Waals surface area contributed by atoms with Gasteiger partial charge in [-0.1, -0.05) is 0 Å². The number of aromatic nitrogens is 2. The van der Waals surface area contributed by atoms with Crippen molar-refractivity contribution in [3.8, 4) is 0 Å². The third kappa shape index (κ3) is 4.08. The monoisotopic (exact) mass is 310 g/mol. The first kappa shape index (κ1) is 15.9. The molecule has 122 valence electrons. The van der Waals surface area contributed by atoms with E-state index >= 15 is 0 Å². The zero-order valence-electron chi connectivity index (χ0n) is 14.3. The minimum Gasteiger partial charge on any atom is -0.369 e. The van der Waals surface area contributed by atoms with Crippen LogP contribution >= 0.6 is 0 Å². The average Bonchev–Trinajstić information content (AvgIpc) is 2.56. The van der Waals surface area contributed by atoms with Gasteiger partial charge in [-0.25, -0.2) is 0 Å². The number of rotatable bonds is 4. The fourth-order valence-electron chi connectivity index (χ4n) is 3.16. The number of piperidine rings is 1. The zero-order chi connectivity index (χ0) is 16.2. The van der Waals surface area contributed by atoms with Crippen molar-refractivity contribution in [2.45, 2.75) is 46.2 Å². The molecule has 0 radical (unpaired) electrons. The molecule has 1 aliphatic rings.